The quantitative estimate of drug-likeness (QED) is 0.905. The fourth-order valence-corrected chi connectivity index (χ4v) is 2.78. The first-order valence-corrected chi connectivity index (χ1v) is 7.41. The minimum atomic E-state index is 0.567. The van der Waals surface area contributed by atoms with Gasteiger partial charge in [-0.25, -0.2) is 0 Å². The molecule has 1 N–H and O–H groups in total. The molecule has 0 aromatic heterocycles. The molecule has 2 rings (SSSR count). The Labute approximate surface area is 124 Å². The van der Waals surface area contributed by atoms with Gasteiger partial charge in [-0.1, -0.05) is 23.2 Å². The molecule has 1 aliphatic heterocycles. The highest BCUT2D eigenvalue weighted by Gasteiger charge is 2.17. The van der Waals surface area contributed by atoms with Gasteiger partial charge in [-0.15, -0.1) is 0 Å². The first-order valence-electron chi connectivity index (χ1n) is 6.65. The monoisotopic (exact) mass is 302 g/mol. The summed E-state index contributed by atoms with van der Waals surface area (Å²) in [6, 6.07) is 5.97. The van der Waals surface area contributed by atoms with Crippen LogP contribution in [0.4, 0.5) is 0 Å². The van der Waals surface area contributed by atoms with Crippen molar-refractivity contribution in [1.29, 1.82) is 0 Å². The second-order valence-corrected chi connectivity index (χ2v) is 5.73. The van der Waals surface area contributed by atoms with Crippen molar-refractivity contribution < 1.29 is 4.74 Å². The standard InChI is InChI=1S/C14H20Cl2N2O/c1-18(12-4-6-17-7-5-12)8-9-19-14-3-2-11(15)10-13(14)16/h2-3,10,12,17H,4-9H2,1H3. The van der Waals surface area contributed by atoms with Crippen LogP contribution in [0.3, 0.4) is 0 Å². The molecule has 0 aliphatic carbocycles. The lowest BCUT2D eigenvalue weighted by Crippen LogP contribution is -2.42. The van der Waals surface area contributed by atoms with Gasteiger partial charge in [-0.3, -0.25) is 4.90 Å². The Morgan fingerprint density at radius 1 is 1.32 bits per heavy atom. The van der Waals surface area contributed by atoms with Crippen LogP contribution in [-0.2, 0) is 0 Å². The normalized spacial score (nSPS) is 16.8. The van der Waals surface area contributed by atoms with Gasteiger partial charge >= 0.3 is 0 Å². The van der Waals surface area contributed by atoms with Crippen LogP contribution in [0.15, 0.2) is 18.2 Å². The van der Waals surface area contributed by atoms with Crippen LogP contribution in [0.25, 0.3) is 0 Å². The molecule has 0 bridgehead atoms. The van der Waals surface area contributed by atoms with E-state index >= 15 is 0 Å². The molecule has 1 aromatic carbocycles. The summed E-state index contributed by atoms with van der Waals surface area (Å²) < 4.78 is 5.71. The van der Waals surface area contributed by atoms with E-state index in [1.807, 2.05) is 6.07 Å². The molecule has 5 heteroatoms. The topological polar surface area (TPSA) is 24.5 Å². The summed E-state index contributed by atoms with van der Waals surface area (Å²) in [4.78, 5) is 2.37. The zero-order valence-corrected chi connectivity index (χ0v) is 12.7. The number of rotatable bonds is 5. The Morgan fingerprint density at radius 3 is 2.74 bits per heavy atom. The average molecular weight is 303 g/mol. The van der Waals surface area contributed by atoms with Crippen molar-refractivity contribution >= 4 is 23.2 Å². The van der Waals surface area contributed by atoms with Crippen molar-refractivity contribution in [2.24, 2.45) is 0 Å². The zero-order chi connectivity index (χ0) is 13.7. The SMILES string of the molecule is CN(CCOc1ccc(Cl)cc1Cl)C1CCNCC1. The van der Waals surface area contributed by atoms with Gasteiger partial charge < -0.3 is 10.1 Å². The molecule has 1 aromatic rings. The van der Waals surface area contributed by atoms with E-state index in [1.54, 1.807) is 12.1 Å². The predicted molar refractivity (Wildman–Crippen MR) is 80.5 cm³/mol. The lowest BCUT2D eigenvalue weighted by atomic mass is 10.1. The number of hydrogen-bond donors (Lipinski definition) is 1. The number of likely N-dealkylation sites (N-methyl/N-ethyl adjacent to an activating group) is 1. The zero-order valence-electron chi connectivity index (χ0n) is 11.2. The summed E-state index contributed by atoms with van der Waals surface area (Å²) in [7, 11) is 2.16. The number of piperidine rings is 1. The highest BCUT2D eigenvalue weighted by Crippen LogP contribution is 2.27. The van der Waals surface area contributed by atoms with Gasteiger partial charge in [0.1, 0.15) is 12.4 Å². The van der Waals surface area contributed by atoms with Crippen molar-refractivity contribution in [1.82, 2.24) is 10.2 Å². The second kappa shape index (κ2) is 7.34. The minimum Gasteiger partial charge on any atom is -0.491 e. The Hall–Kier alpha value is -0.480. The van der Waals surface area contributed by atoms with Gasteiger partial charge in [-0.2, -0.15) is 0 Å². The number of hydrogen-bond acceptors (Lipinski definition) is 3. The maximum absolute atomic E-state index is 6.06. The Bertz CT molecular complexity index is 408. The van der Waals surface area contributed by atoms with Crippen LogP contribution in [-0.4, -0.2) is 44.2 Å². The van der Waals surface area contributed by atoms with E-state index in [-0.39, 0.29) is 0 Å². The van der Waals surface area contributed by atoms with E-state index in [4.69, 9.17) is 27.9 Å². The maximum atomic E-state index is 6.06. The van der Waals surface area contributed by atoms with Crippen molar-refractivity contribution in [3.05, 3.63) is 28.2 Å². The molecule has 0 spiro atoms. The van der Waals surface area contributed by atoms with E-state index in [9.17, 15) is 0 Å². The fraction of sp³-hybridized carbons (Fsp3) is 0.571. The molecule has 1 heterocycles. The van der Waals surface area contributed by atoms with Gasteiger partial charge in [-0.05, 0) is 51.2 Å². The molecule has 19 heavy (non-hydrogen) atoms. The summed E-state index contributed by atoms with van der Waals surface area (Å²) in [5.41, 5.74) is 0. The molecule has 0 amide bonds. The molecule has 0 radical (unpaired) electrons. The first kappa shape index (κ1) is 14.9. The van der Waals surface area contributed by atoms with Gasteiger partial charge in [0.15, 0.2) is 0 Å². The number of benzene rings is 1. The van der Waals surface area contributed by atoms with Crippen LogP contribution in [0, 0.1) is 0 Å². The van der Waals surface area contributed by atoms with E-state index in [0.29, 0.717) is 28.4 Å². The average Bonchev–Trinajstić information content (AvgIpc) is 2.42. The van der Waals surface area contributed by atoms with Crippen LogP contribution in [0.5, 0.6) is 5.75 Å². The van der Waals surface area contributed by atoms with Gasteiger partial charge in [0, 0.05) is 17.6 Å². The van der Waals surface area contributed by atoms with Crippen molar-refractivity contribution in [2.75, 3.05) is 33.3 Å². The highest BCUT2D eigenvalue weighted by molar-refractivity contribution is 6.35. The number of halogens is 2. The third kappa shape index (κ3) is 4.53. The summed E-state index contributed by atoms with van der Waals surface area (Å²) in [5.74, 6) is 0.699. The van der Waals surface area contributed by atoms with Crippen LogP contribution in [0.1, 0.15) is 12.8 Å². The van der Waals surface area contributed by atoms with Crippen LogP contribution in [0.2, 0.25) is 10.0 Å². The predicted octanol–water partition coefficient (Wildman–Crippen LogP) is 3.06. The molecule has 0 saturated carbocycles. The number of nitrogens with zero attached hydrogens (tertiary/aromatic N) is 1. The molecule has 0 atom stereocenters. The summed E-state index contributed by atoms with van der Waals surface area (Å²) >= 11 is 11.9. The van der Waals surface area contributed by atoms with Crippen LogP contribution < -0.4 is 10.1 Å². The highest BCUT2D eigenvalue weighted by atomic mass is 35.5. The molecule has 1 saturated heterocycles. The van der Waals surface area contributed by atoms with E-state index in [0.717, 1.165) is 19.6 Å². The molecule has 3 nitrogen and oxygen atoms in total. The third-order valence-electron chi connectivity index (χ3n) is 3.53. The third-order valence-corrected chi connectivity index (χ3v) is 4.06. The minimum absolute atomic E-state index is 0.567. The van der Waals surface area contributed by atoms with Gasteiger partial charge in [0.05, 0.1) is 5.02 Å². The van der Waals surface area contributed by atoms with E-state index < -0.39 is 0 Å². The van der Waals surface area contributed by atoms with Crippen molar-refractivity contribution in [2.45, 2.75) is 18.9 Å². The maximum Gasteiger partial charge on any atom is 0.138 e. The van der Waals surface area contributed by atoms with Crippen molar-refractivity contribution in [3.63, 3.8) is 0 Å². The van der Waals surface area contributed by atoms with Gasteiger partial charge in [0.2, 0.25) is 0 Å². The Kier molecular flexibility index (Phi) is 5.76. The Balaban J connectivity index is 1.76. The molecular formula is C14H20Cl2N2O. The molecule has 1 aliphatic rings. The smallest absolute Gasteiger partial charge is 0.138 e. The first-order chi connectivity index (χ1) is 9.16. The van der Waals surface area contributed by atoms with Gasteiger partial charge in [0.25, 0.3) is 0 Å². The second-order valence-electron chi connectivity index (χ2n) is 4.88. The largest absolute Gasteiger partial charge is 0.491 e. The summed E-state index contributed by atoms with van der Waals surface area (Å²) in [6.45, 7) is 3.77. The molecule has 1 fully saturated rings. The lowest BCUT2D eigenvalue weighted by molar-refractivity contribution is 0.165. The lowest BCUT2D eigenvalue weighted by Gasteiger charge is -2.31. The summed E-state index contributed by atoms with van der Waals surface area (Å²) in [5, 5.41) is 4.57. The van der Waals surface area contributed by atoms with E-state index in [1.165, 1.54) is 12.8 Å². The number of ether oxygens (including phenoxy) is 1. The fourth-order valence-electron chi connectivity index (χ4n) is 2.32. The molecular weight excluding hydrogens is 283 g/mol. The Morgan fingerprint density at radius 2 is 2.05 bits per heavy atom. The number of nitrogens with one attached hydrogen (secondary N) is 1. The van der Waals surface area contributed by atoms with Crippen LogP contribution >= 0.6 is 23.2 Å². The molecule has 106 valence electrons. The van der Waals surface area contributed by atoms with E-state index in [2.05, 4.69) is 17.3 Å². The van der Waals surface area contributed by atoms with Crippen molar-refractivity contribution in [3.8, 4) is 5.75 Å². The molecule has 0 unspecified atom stereocenters. The summed E-state index contributed by atoms with van der Waals surface area (Å²) in [6.07, 6.45) is 2.41.